The van der Waals surface area contributed by atoms with Crippen molar-refractivity contribution in [3.8, 4) is 0 Å². The van der Waals surface area contributed by atoms with Crippen LogP contribution in [0.1, 0.15) is 19.8 Å². The molecule has 0 atom stereocenters. The summed E-state index contributed by atoms with van der Waals surface area (Å²) >= 11 is 0. The Morgan fingerprint density at radius 3 is 2.64 bits per heavy atom. The molecule has 11 heavy (non-hydrogen) atoms. The molecule has 2 N–H and O–H groups in total. The Kier molecular flexibility index (Phi) is 3.83. The third-order valence-electron chi connectivity index (χ3n) is 1.92. The first kappa shape index (κ1) is 8.97. The molecule has 0 heterocycles. The maximum atomic E-state index is 5.59. The molecule has 1 saturated carbocycles. The monoisotopic (exact) mass is 159 g/mol. The van der Waals surface area contributed by atoms with Crippen molar-refractivity contribution < 1.29 is 9.47 Å². The maximum absolute atomic E-state index is 5.59. The molecule has 0 unspecified atom stereocenters. The quantitative estimate of drug-likeness (QED) is 0.595. The van der Waals surface area contributed by atoms with Crippen LogP contribution >= 0.6 is 0 Å². The first-order valence-corrected chi connectivity index (χ1v) is 4.28. The SMILES string of the molecule is CCOCCOC1CC(N)C1. The second-order valence-corrected chi connectivity index (χ2v) is 2.92. The van der Waals surface area contributed by atoms with E-state index in [2.05, 4.69) is 0 Å². The van der Waals surface area contributed by atoms with E-state index in [-0.39, 0.29) is 0 Å². The standard InChI is InChI=1S/C8H17NO2/c1-2-10-3-4-11-8-5-7(9)6-8/h7-8H,2-6,9H2,1H3. The lowest BCUT2D eigenvalue weighted by atomic mass is 9.90. The van der Waals surface area contributed by atoms with Crippen molar-refractivity contribution in [1.29, 1.82) is 0 Å². The van der Waals surface area contributed by atoms with Gasteiger partial charge in [-0.05, 0) is 19.8 Å². The van der Waals surface area contributed by atoms with Crippen LogP contribution in [0.5, 0.6) is 0 Å². The van der Waals surface area contributed by atoms with Gasteiger partial charge in [-0.15, -0.1) is 0 Å². The molecule has 0 aromatic heterocycles. The van der Waals surface area contributed by atoms with Gasteiger partial charge in [0.2, 0.25) is 0 Å². The summed E-state index contributed by atoms with van der Waals surface area (Å²) in [4.78, 5) is 0. The van der Waals surface area contributed by atoms with E-state index in [4.69, 9.17) is 15.2 Å². The number of nitrogens with two attached hydrogens (primary N) is 1. The number of rotatable bonds is 5. The minimum atomic E-state index is 0.382. The lowest BCUT2D eigenvalue weighted by molar-refractivity contribution is -0.0346. The Morgan fingerprint density at radius 2 is 2.09 bits per heavy atom. The highest BCUT2D eigenvalue weighted by molar-refractivity contribution is 4.82. The van der Waals surface area contributed by atoms with Gasteiger partial charge in [-0.25, -0.2) is 0 Å². The van der Waals surface area contributed by atoms with E-state index in [1.807, 2.05) is 6.92 Å². The second-order valence-electron chi connectivity index (χ2n) is 2.92. The van der Waals surface area contributed by atoms with Crippen molar-refractivity contribution >= 4 is 0 Å². The van der Waals surface area contributed by atoms with Gasteiger partial charge < -0.3 is 15.2 Å². The zero-order valence-corrected chi connectivity index (χ0v) is 7.08. The van der Waals surface area contributed by atoms with Crippen LogP contribution < -0.4 is 5.73 Å². The van der Waals surface area contributed by atoms with Gasteiger partial charge in [0, 0.05) is 12.6 Å². The van der Waals surface area contributed by atoms with Crippen molar-refractivity contribution in [1.82, 2.24) is 0 Å². The van der Waals surface area contributed by atoms with Crippen LogP contribution in [-0.4, -0.2) is 32.0 Å². The Morgan fingerprint density at radius 1 is 1.36 bits per heavy atom. The summed E-state index contributed by atoms with van der Waals surface area (Å²) in [5.41, 5.74) is 5.59. The van der Waals surface area contributed by atoms with E-state index in [0.717, 1.165) is 19.4 Å². The molecule has 0 aromatic rings. The lowest BCUT2D eigenvalue weighted by Gasteiger charge is -2.32. The Labute approximate surface area is 67.9 Å². The van der Waals surface area contributed by atoms with Gasteiger partial charge in [-0.1, -0.05) is 0 Å². The average Bonchev–Trinajstić information content (AvgIpc) is 1.94. The molecule has 1 aliphatic rings. The largest absolute Gasteiger partial charge is 0.379 e. The molecule has 1 fully saturated rings. The van der Waals surface area contributed by atoms with Crippen molar-refractivity contribution in [3.63, 3.8) is 0 Å². The Bertz CT molecular complexity index is 102. The fourth-order valence-corrected chi connectivity index (χ4v) is 1.16. The fraction of sp³-hybridized carbons (Fsp3) is 1.00. The summed E-state index contributed by atoms with van der Waals surface area (Å²) in [6.45, 7) is 4.18. The van der Waals surface area contributed by atoms with Gasteiger partial charge in [0.15, 0.2) is 0 Å². The third kappa shape index (κ3) is 3.18. The van der Waals surface area contributed by atoms with Crippen molar-refractivity contribution in [2.24, 2.45) is 5.73 Å². The van der Waals surface area contributed by atoms with E-state index in [1.165, 1.54) is 0 Å². The van der Waals surface area contributed by atoms with E-state index >= 15 is 0 Å². The number of ether oxygens (including phenoxy) is 2. The van der Waals surface area contributed by atoms with Crippen LogP contribution in [-0.2, 0) is 9.47 Å². The van der Waals surface area contributed by atoms with E-state index in [1.54, 1.807) is 0 Å². The number of hydrogen-bond acceptors (Lipinski definition) is 3. The smallest absolute Gasteiger partial charge is 0.0704 e. The summed E-state index contributed by atoms with van der Waals surface area (Å²) in [7, 11) is 0. The molecule has 0 bridgehead atoms. The second kappa shape index (κ2) is 4.70. The van der Waals surface area contributed by atoms with Crippen molar-refractivity contribution in [2.75, 3.05) is 19.8 Å². The van der Waals surface area contributed by atoms with E-state index < -0.39 is 0 Å². The highest BCUT2D eigenvalue weighted by Gasteiger charge is 2.25. The van der Waals surface area contributed by atoms with Crippen LogP contribution in [0.2, 0.25) is 0 Å². The molecule has 1 aliphatic carbocycles. The van der Waals surface area contributed by atoms with Crippen LogP contribution in [0.25, 0.3) is 0 Å². The zero-order valence-electron chi connectivity index (χ0n) is 7.08. The van der Waals surface area contributed by atoms with Crippen molar-refractivity contribution in [3.05, 3.63) is 0 Å². The maximum Gasteiger partial charge on any atom is 0.0704 e. The Hall–Kier alpha value is -0.120. The van der Waals surface area contributed by atoms with Gasteiger partial charge in [0.05, 0.1) is 19.3 Å². The summed E-state index contributed by atoms with van der Waals surface area (Å²) in [6.07, 6.45) is 2.45. The molecule has 0 aliphatic heterocycles. The molecule has 0 amide bonds. The van der Waals surface area contributed by atoms with Gasteiger partial charge in [0.1, 0.15) is 0 Å². The Balaban J connectivity index is 1.81. The summed E-state index contributed by atoms with van der Waals surface area (Å²) in [5, 5.41) is 0. The minimum absolute atomic E-state index is 0.382. The van der Waals surface area contributed by atoms with E-state index in [0.29, 0.717) is 25.4 Å². The predicted octanol–water partition coefficient (Wildman–Crippen LogP) is 0.529. The van der Waals surface area contributed by atoms with Gasteiger partial charge in [0.25, 0.3) is 0 Å². The molecule has 3 nitrogen and oxygen atoms in total. The minimum Gasteiger partial charge on any atom is -0.379 e. The normalized spacial score (nSPS) is 30.0. The summed E-state index contributed by atoms with van der Waals surface area (Å²) in [5.74, 6) is 0. The summed E-state index contributed by atoms with van der Waals surface area (Å²) in [6, 6.07) is 0.382. The van der Waals surface area contributed by atoms with Crippen LogP contribution in [0.4, 0.5) is 0 Å². The molecule has 0 aromatic carbocycles. The third-order valence-corrected chi connectivity index (χ3v) is 1.92. The fourth-order valence-electron chi connectivity index (χ4n) is 1.16. The molecular formula is C8H17NO2. The van der Waals surface area contributed by atoms with Gasteiger partial charge in [-0.2, -0.15) is 0 Å². The van der Waals surface area contributed by atoms with Crippen LogP contribution in [0, 0.1) is 0 Å². The highest BCUT2D eigenvalue weighted by atomic mass is 16.5. The van der Waals surface area contributed by atoms with Gasteiger partial charge >= 0.3 is 0 Å². The molecule has 0 saturated heterocycles. The van der Waals surface area contributed by atoms with Crippen LogP contribution in [0.15, 0.2) is 0 Å². The molecule has 3 heteroatoms. The van der Waals surface area contributed by atoms with Gasteiger partial charge in [-0.3, -0.25) is 0 Å². The predicted molar refractivity (Wildman–Crippen MR) is 43.4 cm³/mol. The van der Waals surface area contributed by atoms with E-state index in [9.17, 15) is 0 Å². The van der Waals surface area contributed by atoms with Crippen LogP contribution in [0.3, 0.4) is 0 Å². The lowest BCUT2D eigenvalue weighted by Crippen LogP contribution is -2.42. The first-order chi connectivity index (χ1) is 5.33. The molecule has 66 valence electrons. The van der Waals surface area contributed by atoms with Crippen molar-refractivity contribution in [2.45, 2.75) is 31.9 Å². The average molecular weight is 159 g/mol. The number of hydrogen-bond donors (Lipinski definition) is 1. The molecule has 0 radical (unpaired) electrons. The molecule has 1 rings (SSSR count). The zero-order chi connectivity index (χ0) is 8.10. The summed E-state index contributed by atoms with van der Waals surface area (Å²) < 4.78 is 10.6. The molecular weight excluding hydrogens is 142 g/mol. The first-order valence-electron chi connectivity index (χ1n) is 4.28. The molecule has 0 spiro atoms. The topological polar surface area (TPSA) is 44.5 Å². The highest BCUT2D eigenvalue weighted by Crippen LogP contribution is 2.20.